The summed E-state index contributed by atoms with van der Waals surface area (Å²) >= 11 is 0. The zero-order valence-corrected chi connectivity index (χ0v) is 16.7. The largest absolute Gasteiger partial charge is 0.467 e. The second kappa shape index (κ2) is 7.99. The van der Waals surface area contributed by atoms with E-state index in [-0.39, 0.29) is 24.6 Å². The molecule has 2 aromatic heterocycles. The number of hydrogen-bond acceptors (Lipinski definition) is 3. The molecule has 0 bridgehead atoms. The number of aromatic nitrogens is 1. The maximum atomic E-state index is 13.3. The van der Waals surface area contributed by atoms with Gasteiger partial charge in [-0.15, -0.1) is 0 Å². The third kappa shape index (κ3) is 3.89. The summed E-state index contributed by atoms with van der Waals surface area (Å²) in [5.41, 5.74) is 3.47. The van der Waals surface area contributed by atoms with Gasteiger partial charge in [-0.1, -0.05) is 12.1 Å². The van der Waals surface area contributed by atoms with E-state index >= 15 is 0 Å². The number of carbonyl (C=O) groups excluding carboxylic acids is 1. The van der Waals surface area contributed by atoms with Crippen LogP contribution in [0.2, 0.25) is 0 Å². The highest BCUT2D eigenvalue weighted by Gasteiger charge is 2.20. The topological polar surface area (TPSA) is 66.3 Å². The molecule has 5 nitrogen and oxygen atoms in total. The first-order valence-corrected chi connectivity index (χ1v) is 9.61. The van der Waals surface area contributed by atoms with Gasteiger partial charge in [0.25, 0.3) is 11.5 Å². The van der Waals surface area contributed by atoms with Crippen LogP contribution in [-0.2, 0) is 13.1 Å². The molecule has 0 aliphatic heterocycles. The Morgan fingerprint density at radius 2 is 1.83 bits per heavy atom. The highest BCUT2D eigenvalue weighted by molar-refractivity contribution is 5.94. The number of aromatic amines is 1. The zero-order chi connectivity index (χ0) is 21.3. The number of pyridine rings is 1. The Labute approximate surface area is 172 Å². The summed E-state index contributed by atoms with van der Waals surface area (Å²) in [6, 6.07) is 14.6. The van der Waals surface area contributed by atoms with E-state index in [9.17, 15) is 14.0 Å². The van der Waals surface area contributed by atoms with E-state index in [1.165, 1.54) is 35.4 Å². The average molecular weight is 404 g/mol. The SMILES string of the molecule is Cc1ccc2cc(CN(Cc3ccco3)C(=O)c3ccc(F)cc3)c(=O)[nH]c2c1C. The van der Waals surface area contributed by atoms with Crippen molar-refractivity contribution in [2.45, 2.75) is 26.9 Å². The number of rotatable bonds is 5. The highest BCUT2D eigenvalue weighted by Crippen LogP contribution is 2.20. The first-order chi connectivity index (χ1) is 14.4. The molecule has 0 unspecified atom stereocenters. The summed E-state index contributed by atoms with van der Waals surface area (Å²) in [5, 5.41) is 0.903. The minimum Gasteiger partial charge on any atom is -0.467 e. The molecule has 0 aliphatic carbocycles. The number of carbonyl (C=O) groups is 1. The number of nitrogens with zero attached hydrogens (tertiary/aromatic N) is 1. The minimum absolute atomic E-state index is 0.0924. The standard InChI is InChI=1S/C24H21FN2O3/c1-15-5-6-18-12-19(23(28)26-22(18)16(15)2)13-27(14-21-4-3-11-30-21)24(29)17-7-9-20(25)10-8-17/h3-12H,13-14H2,1-2H3,(H,26,28). The molecule has 4 aromatic rings. The predicted molar refractivity (Wildman–Crippen MR) is 113 cm³/mol. The Morgan fingerprint density at radius 1 is 1.07 bits per heavy atom. The van der Waals surface area contributed by atoms with E-state index in [2.05, 4.69) is 4.98 Å². The molecule has 0 saturated heterocycles. The molecule has 0 aliphatic rings. The molecule has 1 amide bonds. The number of halogens is 1. The van der Waals surface area contributed by atoms with Crippen LogP contribution in [-0.4, -0.2) is 15.8 Å². The number of aryl methyl sites for hydroxylation is 2. The van der Waals surface area contributed by atoms with Gasteiger partial charge in [-0.05, 0) is 72.8 Å². The Balaban J connectivity index is 1.71. The van der Waals surface area contributed by atoms with E-state index in [4.69, 9.17) is 4.42 Å². The molecule has 0 fully saturated rings. The molecule has 0 spiro atoms. The number of hydrogen-bond donors (Lipinski definition) is 1. The van der Waals surface area contributed by atoms with Crippen molar-refractivity contribution >= 4 is 16.8 Å². The highest BCUT2D eigenvalue weighted by atomic mass is 19.1. The van der Waals surface area contributed by atoms with E-state index in [1.54, 1.807) is 12.1 Å². The number of benzene rings is 2. The lowest BCUT2D eigenvalue weighted by Gasteiger charge is -2.22. The van der Waals surface area contributed by atoms with Crippen LogP contribution in [0.5, 0.6) is 0 Å². The van der Waals surface area contributed by atoms with Crippen molar-refractivity contribution in [1.82, 2.24) is 9.88 Å². The smallest absolute Gasteiger partial charge is 0.254 e. The van der Waals surface area contributed by atoms with Gasteiger partial charge >= 0.3 is 0 Å². The van der Waals surface area contributed by atoms with E-state index in [0.717, 1.165) is 22.0 Å². The fraction of sp³-hybridized carbons (Fsp3) is 0.167. The van der Waals surface area contributed by atoms with Crippen LogP contribution in [0.1, 0.15) is 32.8 Å². The summed E-state index contributed by atoms with van der Waals surface area (Å²) in [7, 11) is 0. The summed E-state index contributed by atoms with van der Waals surface area (Å²) in [6.07, 6.45) is 1.53. The van der Waals surface area contributed by atoms with E-state index in [1.807, 2.05) is 32.0 Å². The lowest BCUT2D eigenvalue weighted by atomic mass is 10.0. The Bertz CT molecular complexity index is 1260. The van der Waals surface area contributed by atoms with Gasteiger partial charge in [0, 0.05) is 11.1 Å². The van der Waals surface area contributed by atoms with Crippen molar-refractivity contribution < 1.29 is 13.6 Å². The molecule has 2 aromatic carbocycles. The Kier molecular flexibility index (Phi) is 5.23. The van der Waals surface area contributed by atoms with E-state index < -0.39 is 5.82 Å². The molecule has 30 heavy (non-hydrogen) atoms. The van der Waals surface area contributed by atoms with Gasteiger partial charge in [0.1, 0.15) is 11.6 Å². The molecule has 1 N–H and O–H groups in total. The number of furan rings is 1. The normalized spacial score (nSPS) is 11.0. The van der Waals surface area contributed by atoms with Crippen LogP contribution in [0.4, 0.5) is 4.39 Å². The first-order valence-electron chi connectivity index (χ1n) is 9.61. The first kappa shape index (κ1) is 19.6. The van der Waals surface area contributed by atoms with Gasteiger partial charge in [0.05, 0.1) is 24.9 Å². The number of amides is 1. The van der Waals surface area contributed by atoms with Crippen molar-refractivity contribution in [3.05, 3.63) is 105 Å². The second-order valence-electron chi connectivity index (χ2n) is 7.34. The molecule has 0 atom stereocenters. The molecule has 2 heterocycles. The Hall–Kier alpha value is -3.67. The van der Waals surface area contributed by atoms with Crippen LogP contribution in [0.15, 0.2) is 70.1 Å². The molecule has 4 rings (SSSR count). The van der Waals surface area contributed by atoms with Crippen molar-refractivity contribution in [3.8, 4) is 0 Å². The molecule has 0 saturated carbocycles. The molecule has 6 heteroatoms. The zero-order valence-electron chi connectivity index (χ0n) is 16.7. The van der Waals surface area contributed by atoms with Gasteiger partial charge in [-0.2, -0.15) is 0 Å². The predicted octanol–water partition coefficient (Wildman–Crippen LogP) is 4.72. The third-order valence-electron chi connectivity index (χ3n) is 5.29. The molecular formula is C24H21FN2O3. The quantitative estimate of drug-likeness (QED) is 0.523. The average Bonchev–Trinajstić information content (AvgIpc) is 3.25. The second-order valence-corrected chi connectivity index (χ2v) is 7.34. The van der Waals surface area contributed by atoms with Crippen molar-refractivity contribution in [2.75, 3.05) is 0 Å². The summed E-state index contributed by atoms with van der Waals surface area (Å²) in [5.74, 6) is -0.138. The van der Waals surface area contributed by atoms with Gasteiger partial charge < -0.3 is 14.3 Å². The molecule has 0 radical (unpaired) electrons. The molecular weight excluding hydrogens is 383 g/mol. The van der Waals surface area contributed by atoms with Crippen LogP contribution in [0.25, 0.3) is 10.9 Å². The molecule has 152 valence electrons. The maximum Gasteiger partial charge on any atom is 0.254 e. The van der Waals surface area contributed by atoms with Gasteiger partial charge in [0.2, 0.25) is 0 Å². The summed E-state index contributed by atoms with van der Waals surface area (Å²) in [6.45, 7) is 4.24. The summed E-state index contributed by atoms with van der Waals surface area (Å²) in [4.78, 5) is 30.4. The van der Waals surface area contributed by atoms with Crippen LogP contribution >= 0.6 is 0 Å². The Morgan fingerprint density at radius 3 is 2.53 bits per heavy atom. The van der Waals surface area contributed by atoms with Gasteiger partial charge in [-0.3, -0.25) is 9.59 Å². The van der Waals surface area contributed by atoms with Crippen molar-refractivity contribution in [2.24, 2.45) is 0 Å². The third-order valence-corrected chi connectivity index (χ3v) is 5.29. The fourth-order valence-electron chi connectivity index (χ4n) is 3.46. The number of nitrogens with one attached hydrogen (secondary N) is 1. The number of H-pyrrole nitrogens is 1. The minimum atomic E-state index is -0.416. The van der Waals surface area contributed by atoms with Crippen LogP contribution in [0, 0.1) is 19.7 Å². The maximum absolute atomic E-state index is 13.3. The summed E-state index contributed by atoms with van der Waals surface area (Å²) < 4.78 is 18.7. The van der Waals surface area contributed by atoms with Crippen molar-refractivity contribution in [1.29, 1.82) is 0 Å². The van der Waals surface area contributed by atoms with E-state index in [0.29, 0.717) is 16.9 Å². The lowest BCUT2D eigenvalue weighted by Crippen LogP contribution is -2.32. The van der Waals surface area contributed by atoms with Crippen LogP contribution < -0.4 is 5.56 Å². The van der Waals surface area contributed by atoms with Gasteiger partial charge in [0.15, 0.2) is 0 Å². The van der Waals surface area contributed by atoms with Crippen molar-refractivity contribution in [3.63, 3.8) is 0 Å². The fourth-order valence-corrected chi connectivity index (χ4v) is 3.46. The van der Waals surface area contributed by atoms with Crippen LogP contribution in [0.3, 0.4) is 0 Å². The van der Waals surface area contributed by atoms with Gasteiger partial charge in [-0.25, -0.2) is 4.39 Å². The lowest BCUT2D eigenvalue weighted by molar-refractivity contribution is 0.0717. The number of fused-ring (bicyclic) bond motifs is 1. The monoisotopic (exact) mass is 404 g/mol.